The molecule has 0 unspecified atom stereocenters. The Morgan fingerprint density at radius 3 is 2.14 bits per heavy atom. The summed E-state index contributed by atoms with van der Waals surface area (Å²) in [4.78, 5) is 32.8. The lowest BCUT2D eigenvalue weighted by atomic mass is 10.2. The number of nitro benzene ring substituents is 1. The molecule has 1 N–H and O–H groups in total. The molecular weight excluding hydrogens is 288 g/mol. The van der Waals surface area contributed by atoms with Crippen molar-refractivity contribution in [2.75, 3.05) is 5.32 Å². The molecule has 0 aliphatic heterocycles. The highest BCUT2D eigenvalue weighted by Crippen LogP contribution is 2.18. The number of rotatable bonds is 4. The lowest BCUT2D eigenvalue weighted by Crippen LogP contribution is -2.09. The summed E-state index contributed by atoms with van der Waals surface area (Å²) in [6, 6.07) is 11.4. The van der Waals surface area contributed by atoms with Crippen LogP contribution in [0.25, 0.3) is 0 Å². The molecule has 2 aromatic carbocycles. The third-order valence-electron chi connectivity index (χ3n) is 2.70. The van der Waals surface area contributed by atoms with E-state index in [0.717, 1.165) is 0 Å². The number of esters is 1. The van der Waals surface area contributed by atoms with Crippen LogP contribution < -0.4 is 10.1 Å². The monoisotopic (exact) mass is 300 g/mol. The number of nitrogens with one attached hydrogen (secondary N) is 1. The van der Waals surface area contributed by atoms with Crippen molar-refractivity contribution in [3.8, 4) is 5.75 Å². The predicted octanol–water partition coefficient (Wildman–Crippen LogP) is 2.77. The van der Waals surface area contributed by atoms with Gasteiger partial charge in [0.25, 0.3) is 5.69 Å². The Morgan fingerprint density at radius 1 is 1.05 bits per heavy atom. The molecule has 7 heteroatoms. The number of nitro groups is 1. The first-order valence-electron chi connectivity index (χ1n) is 6.30. The molecule has 0 saturated carbocycles. The van der Waals surface area contributed by atoms with Crippen LogP contribution in [0.2, 0.25) is 0 Å². The smallest absolute Gasteiger partial charge is 0.343 e. The minimum atomic E-state index is -0.623. The quantitative estimate of drug-likeness (QED) is 0.405. The molecule has 0 heterocycles. The highest BCUT2D eigenvalue weighted by molar-refractivity contribution is 5.91. The predicted molar refractivity (Wildman–Crippen MR) is 78.8 cm³/mol. The van der Waals surface area contributed by atoms with Gasteiger partial charge in [-0.25, -0.2) is 4.79 Å². The van der Waals surface area contributed by atoms with Gasteiger partial charge in [0.05, 0.1) is 10.5 Å². The summed E-state index contributed by atoms with van der Waals surface area (Å²) in [7, 11) is 0. The fourth-order valence-corrected chi connectivity index (χ4v) is 1.69. The van der Waals surface area contributed by atoms with Crippen molar-refractivity contribution >= 4 is 23.3 Å². The van der Waals surface area contributed by atoms with Crippen LogP contribution in [0, 0.1) is 10.1 Å². The summed E-state index contributed by atoms with van der Waals surface area (Å²) in [6.45, 7) is 1.39. The minimum absolute atomic E-state index is 0.101. The minimum Gasteiger partial charge on any atom is -0.423 e. The highest BCUT2D eigenvalue weighted by Gasteiger charge is 2.11. The summed E-state index contributed by atoms with van der Waals surface area (Å²) in [5.41, 5.74) is 0.690. The SMILES string of the molecule is CC(=O)Nc1ccc(OC(=O)c2ccc([N+](=O)[O-])cc2)cc1. The van der Waals surface area contributed by atoms with Gasteiger partial charge < -0.3 is 10.1 Å². The van der Waals surface area contributed by atoms with E-state index in [0.29, 0.717) is 11.4 Å². The molecular formula is C15H12N2O5. The second kappa shape index (κ2) is 6.49. The zero-order chi connectivity index (χ0) is 16.1. The van der Waals surface area contributed by atoms with Gasteiger partial charge in [-0.2, -0.15) is 0 Å². The third-order valence-corrected chi connectivity index (χ3v) is 2.70. The van der Waals surface area contributed by atoms with Gasteiger partial charge in [-0.05, 0) is 36.4 Å². The summed E-state index contributed by atoms with van der Waals surface area (Å²) in [5, 5.41) is 13.1. The highest BCUT2D eigenvalue weighted by atomic mass is 16.6. The van der Waals surface area contributed by atoms with E-state index < -0.39 is 10.9 Å². The van der Waals surface area contributed by atoms with E-state index in [9.17, 15) is 19.7 Å². The fourth-order valence-electron chi connectivity index (χ4n) is 1.69. The summed E-state index contributed by atoms with van der Waals surface area (Å²) < 4.78 is 5.14. The molecule has 2 rings (SSSR count). The number of carbonyl (C=O) groups is 2. The Bertz CT molecular complexity index is 708. The lowest BCUT2D eigenvalue weighted by Gasteiger charge is -2.06. The molecule has 2 aromatic rings. The van der Waals surface area contributed by atoms with Crippen molar-refractivity contribution in [1.82, 2.24) is 0 Å². The van der Waals surface area contributed by atoms with Crippen molar-refractivity contribution in [2.24, 2.45) is 0 Å². The molecule has 112 valence electrons. The van der Waals surface area contributed by atoms with Crippen molar-refractivity contribution < 1.29 is 19.2 Å². The summed E-state index contributed by atoms with van der Waals surface area (Å²) in [5.74, 6) is -0.518. The van der Waals surface area contributed by atoms with Gasteiger partial charge in [0, 0.05) is 24.7 Å². The molecule has 0 bridgehead atoms. The van der Waals surface area contributed by atoms with Gasteiger partial charge in [0.2, 0.25) is 5.91 Å². The zero-order valence-corrected chi connectivity index (χ0v) is 11.6. The van der Waals surface area contributed by atoms with Crippen LogP contribution in [-0.4, -0.2) is 16.8 Å². The van der Waals surface area contributed by atoms with Gasteiger partial charge in [-0.15, -0.1) is 0 Å². The van der Waals surface area contributed by atoms with Crippen LogP contribution in [0.5, 0.6) is 5.75 Å². The molecule has 0 fully saturated rings. The van der Waals surface area contributed by atoms with Crippen LogP contribution in [0.3, 0.4) is 0 Å². The second-order valence-electron chi connectivity index (χ2n) is 4.40. The normalized spacial score (nSPS) is 9.86. The van der Waals surface area contributed by atoms with E-state index in [1.165, 1.54) is 43.3 Å². The molecule has 1 amide bonds. The number of anilines is 1. The Labute approximate surface area is 125 Å². The number of amides is 1. The summed E-state index contributed by atoms with van der Waals surface area (Å²) >= 11 is 0. The third kappa shape index (κ3) is 3.89. The van der Waals surface area contributed by atoms with E-state index in [-0.39, 0.29) is 17.2 Å². The maximum Gasteiger partial charge on any atom is 0.343 e. The number of benzene rings is 2. The maximum absolute atomic E-state index is 11.9. The first-order chi connectivity index (χ1) is 10.5. The number of ether oxygens (including phenoxy) is 1. The van der Waals surface area contributed by atoms with Gasteiger partial charge >= 0.3 is 5.97 Å². The molecule has 0 spiro atoms. The largest absolute Gasteiger partial charge is 0.423 e. The molecule has 0 radical (unpaired) electrons. The first-order valence-corrected chi connectivity index (χ1v) is 6.30. The molecule has 7 nitrogen and oxygen atoms in total. The average Bonchev–Trinajstić information content (AvgIpc) is 2.49. The van der Waals surface area contributed by atoms with Crippen molar-refractivity contribution in [3.63, 3.8) is 0 Å². The van der Waals surface area contributed by atoms with E-state index in [1.54, 1.807) is 12.1 Å². The number of hydrogen-bond donors (Lipinski definition) is 1. The zero-order valence-electron chi connectivity index (χ0n) is 11.6. The first kappa shape index (κ1) is 15.2. The molecule has 0 aliphatic rings. The van der Waals surface area contributed by atoms with Crippen LogP contribution in [0.15, 0.2) is 48.5 Å². The molecule has 22 heavy (non-hydrogen) atoms. The maximum atomic E-state index is 11.9. The number of nitrogens with zero attached hydrogens (tertiary/aromatic N) is 1. The van der Waals surface area contributed by atoms with Gasteiger partial charge in [0.1, 0.15) is 5.75 Å². The van der Waals surface area contributed by atoms with Gasteiger partial charge in [-0.1, -0.05) is 0 Å². The standard InChI is InChI=1S/C15H12N2O5/c1-10(18)16-12-4-8-14(9-5-12)22-15(19)11-2-6-13(7-3-11)17(20)21/h2-9H,1H3,(H,16,18). The van der Waals surface area contributed by atoms with Gasteiger partial charge in [0.15, 0.2) is 0 Å². The number of hydrogen-bond acceptors (Lipinski definition) is 5. The van der Waals surface area contributed by atoms with Crippen molar-refractivity contribution in [3.05, 3.63) is 64.2 Å². The molecule has 0 aromatic heterocycles. The van der Waals surface area contributed by atoms with Crippen LogP contribution >= 0.6 is 0 Å². The van der Waals surface area contributed by atoms with Crippen LogP contribution in [0.4, 0.5) is 11.4 Å². The number of carbonyl (C=O) groups excluding carboxylic acids is 2. The summed E-state index contributed by atoms with van der Waals surface area (Å²) in [6.07, 6.45) is 0. The van der Waals surface area contributed by atoms with Gasteiger partial charge in [-0.3, -0.25) is 14.9 Å². The van der Waals surface area contributed by atoms with Crippen molar-refractivity contribution in [1.29, 1.82) is 0 Å². The Hall–Kier alpha value is -3.22. The number of non-ortho nitro benzene ring substituents is 1. The Balaban J connectivity index is 2.05. The van der Waals surface area contributed by atoms with Crippen LogP contribution in [-0.2, 0) is 4.79 Å². The molecule has 0 atom stereocenters. The lowest BCUT2D eigenvalue weighted by molar-refractivity contribution is -0.384. The molecule has 0 aliphatic carbocycles. The van der Waals surface area contributed by atoms with E-state index in [2.05, 4.69) is 5.32 Å². The van der Waals surface area contributed by atoms with E-state index in [1.807, 2.05) is 0 Å². The topological polar surface area (TPSA) is 98.5 Å². The average molecular weight is 300 g/mol. The second-order valence-corrected chi connectivity index (χ2v) is 4.40. The van der Waals surface area contributed by atoms with E-state index >= 15 is 0 Å². The Kier molecular flexibility index (Phi) is 4.47. The molecule has 0 saturated heterocycles. The van der Waals surface area contributed by atoms with Crippen molar-refractivity contribution in [2.45, 2.75) is 6.92 Å². The van der Waals surface area contributed by atoms with Crippen LogP contribution in [0.1, 0.15) is 17.3 Å². The fraction of sp³-hybridized carbons (Fsp3) is 0.0667. The van der Waals surface area contributed by atoms with E-state index in [4.69, 9.17) is 4.74 Å². The Morgan fingerprint density at radius 2 is 1.64 bits per heavy atom.